The van der Waals surface area contributed by atoms with Crippen molar-refractivity contribution >= 4 is 11.8 Å². The fraction of sp³-hybridized carbons (Fsp3) is 0.227. The summed E-state index contributed by atoms with van der Waals surface area (Å²) < 4.78 is 0. The van der Waals surface area contributed by atoms with Crippen LogP contribution in [0, 0.1) is 5.92 Å². The Bertz CT molecular complexity index is 1920. The van der Waals surface area contributed by atoms with Crippen LogP contribution in [0.4, 0.5) is 5.69 Å². The van der Waals surface area contributed by atoms with E-state index in [0.29, 0.717) is 11.8 Å². The van der Waals surface area contributed by atoms with Gasteiger partial charge in [-0.15, -0.1) is 0 Å². The molecule has 3 aliphatic carbocycles. The van der Waals surface area contributed by atoms with Gasteiger partial charge in [0.1, 0.15) is 0 Å². The molecule has 2 atom stereocenters. The zero-order chi connectivity index (χ0) is 30.4. The first-order chi connectivity index (χ1) is 22.1. The highest BCUT2D eigenvalue weighted by atomic mass is 15.1. The van der Waals surface area contributed by atoms with Crippen LogP contribution < -0.4 is 4.90 Å². The highest BCUT2D eigenvalue weighted by Gasteiger charge is 2.47. The summed E-state index contributed by atoms with van der Waals surface area (Å²) >= 11 is 0. The third-order valence-corrected chi connectivity index (χ3v) is 10.6. The molecule has 0 N–H and O–H groups in total. The molecule has 0 saturated heterocycles. The first-order valence-corrected chi connectivity index (χ1v) is 16.7. The molecule has 1 heteroatoms. The molecule has 0 radical (unpaired) electrons. The summed E-state index contributed by atoms with van der Waals surface area (Å²) in [5.74, 6) is 0.908. The van der Waals surface area contributed by atoms with Crippen molar-refractivity contribution in [2.45, 2.75) is 57.4 Å². The molecule has 2 unspecified atom stereocenters. The van der Waals surface area contributed by atoms with E-state index in [1.807, 2.05) is 0 Å². The van der Waals surface area contributed by atoms with E-state index in [2.05, 4.69) is 158 Å². The van der Waals surface area contributed by atoms with Crippen LogP contribution in [0.1, 0.15) is 73.3 Å². The predicted molar refractivity (Wildman–Crippen MR) is 190 cm³/mol. The summed E-state index contributed by atoms with van der Waals surface area (Å²) in [5.41, 5.74) is 15.1. The van der Waals surface area contributed by atoms with Crippen molar-refractivity contribution in [3.63, 3.8) is 0 Å². The lowest BCUT2D eigenvalue weighted by Gasteiger charge is -2.32. The predicted octanol–water partition coefficient (Wildman–Crippen LogP) is 11.6. The van der Waals surface area contributed by atoms with E-state index < -0.39 is 0 Å². The summed E-state index contributed by atoms with van der Waals surface area (Å²) in [5, 5.41) is 0. The van der Waals surface area contributed by atoms with Crippen LogP contribution in [0.15, 0.2) is 139 Å². The van der Waals surface area contributed by atoms with Gasteiger partial charge in [-0.05, 0) is 111 Å². The molecule has 0 saturated carbocycles. The maximum Gasteiger partial charge on any atom is 0.0478 e. The smallest absolute Gasteiger partial charge is 0.0478 e. The van der Waals surface area contributed by atoms with Crippen molar-refractivity contribution in [1.82, 2.24) is 0 Å². The number of hydrogen-bond donors (Lipinski definition) is 0. The Balaban J connectivity index is 1.11. The van der Waals surface area contributed by atoms with Gasteiger partial charge in [-0.25, -0.2) is 0 Å². The number of allylic oxidation sites excluding steroid dienone is 3. The molecule has 0 amide bonds. The lowest BCUT2D eigenvalue weighted by atomic mass is 9.71. The van der Waals surface area contributed by atoms with Crippen LogP contribution >= 0.6 is 0 Å². The molecule has 0 aromatic heterocycles. The fourth-order valence-corrected chi connectivity index (χ4v) is 8.16. The SMILES string of the molecule is CC1(C)c2cc(-c3cccc(-c4cccc(CN(C5=CCCCC5)c5ccccc5)c4)c3)ccc2C2c3ccccc3C=CC21. The molecule has 222 valence electrons. The molecule has 0 bridgehead atoms. The normalized spacial score (nSPS) is 19.3. The second-order valence-corrected chi connectivity index (χ2v) is 13.7. The topological polar surface area (TPSA) is 3.24 Å². The average Bonchev–Trinajstić information content (AvgIpc) is 3.34. The third-order valence-electron chi connectivity index (χ3n) is 10.6. The van der Waals surface area contributed by atoms with Crippen LogP contribution in [0.5, 0.6) is 0 Å². The van der Waals surface area contributed by atoms with Gasteiger partial charge < -0.3 is 4.90 Å². The van der Waals surface area contributed by atoms with Crippen molar-refractivity contribution < 1.29 is 0 Å². The summed E-state index contributed by atoms with van der Waals surface area (Å²) in [6, 6.07) is 45.4. The van der Waals surface area contributed by atoms with E-state index in [-0.39, 0.29) is 5.41 Å². The minimum atomic E-state index is 0.0738. The Labute approximate surface area is 268 Å². The van der Waals surface area contributed by atoms with Crippen molar-refractivity contribution in [2.75, 3.05) is 4.90 Å². The van der Waals surface area contributed by atoms with E-state index in [9.17, 15) is 0 Å². The van der Waals surface area contributed by atoms with Gasteiger partial charge in [0.15, 0.2) is 0 Å². The Hall–Kier alpha value is -4.62. The zero-order valence-corrected chi connectivity index (χ0v) is 26.4. The van der Waals surface area contributed by atoms with E-state index in [4.69, 9.17) is 0 Å². The van der Waals surface area contributed by atoms with Gasteiger partial charge in [0.05, 0.1) is 0 Å². The van der Waals surface area contributed by atoms with Crippen LogP contribution in [-0.2, 0) is 12.0 Å². The molecule has 0 spiro atoms. The number of hydrogen-bond acceptors (Lipinski definition) is 1. The van der Waals surface area contributed by atoms with E-state index in [0.717, 1.165) is 13.0 Å². The molecule has 5 aromatic rings. The maximum absolute atomic E-state index is 2.52. The molecule has 1 nitrogen and oxygen atoms in total. The van der Waals surface area contributed by atoms with Gasteiger partial charge in [-0.3, -0.25) is 0 Å². The van der Waals surface area contributed by atoms with Gasteiger partial charge in [0, 0.05) is 23.8 Å². The first kappa shape index (κ1) is 27.9. The van der Waals surface area contributed by atoms with Crippen LogP contribution in [-0.4, -0.2) is 0 Å². The molecule has 3 aliphatic rings. The fourth-order valence-electron chi connectivity index (χ4n) is 8.16. The van der Waals surface area contributed by atoms with Gasteiger partial charge in [-0.1, -0.05) is 129 Å². The molecule has 5 aromatic carbocycles. The molecule has 8 rings (SSSR count). The monoisotopic (exact) mass is 583 g/mol. The summed E-state index contributed by atoms with van der Waals surface area (Å²) in [7, 11) is 0. The molecule has 0 fully saturated rings. The molecular formula is C44H41N. The highest BCUT2D eigenvalue weighted by Crippen LogP contribution is 2.56. The second-order valence-electron chi connectivity index (χ2n) is 13.7. The Kier molecular flexibility index (Phi) is 7.06. The quantitative estimate of drug-likeness (QED) is 0.192. The van der Waals surface area contributed by atoms with Crippen molar-refractivity contribution in [2.24, 2.45) is 5.92 Å². The van der Waals surface area contributed by atoms with Crippen molar-refractivity contribution in [1.29, 1.82) is 0 Å². The lowest BCUT2D eigenvalue weighted by Crippen LogP contribution is -2.26. The molecular weight excluding hydrogens is 542 g/mol. The van der Waals surface area contributed by atoms with Crippen LogP contribution in [0.2, 0.25) is 0 Å². The summed E-state index contributed by atoms with van der Waals surface area (Å²) in [6.45, 7) is 5.74. The van der Waals surface area contributed by atoms with Gasteiger partial charge in [0.2, 0.25) is 0 Å². The minimum absolute atomic E-state index is 0.0738. The highest BCUT2D eigenvalue weighted by molar-refractivity contribution is 5.75. The van der Waals surface area contributed by atoms with Gasteiger partial charge in [0.25, 0.3) is 0 Å². The number of rotatable bonds is 6. The molecule has 0 aliphatic heterocycles. The van der Waals surface area contributed by atoms with E-state index in [1.54, 1.807) is 0 Å². The molecule has 0 heterocycles. The number of fused-ring (bicyclic) bond motifs is 5. The number of benzene rings is 5. The lowest BCUT2D eigenvalue weighted by molar-refractivity contribution is 0.391. The Morgan fingerprint density at radius 2 is 1.40 bits per heavy atom. The van der Waals surface area contributed by atoms with E-state index in [1.165, 1.54) is 80.7 Å². The zero-order valence-electron chi connectivity index (χ0n) is 26.4. The van der Waals surface area contributed by atoms with Crippen molar-refractivity contribution in [3.8, 4) is 22.3 Å². The van der Waals surface area contributed by atoms with Gasteiger partial charge >= 0.3 is 0 Å². The number of nitrogens with zero attached hydrogens (tertiary/aromatic N) is 1. The Morgan fingerprint density at radius 3 is 2.20 bits per heavy atom. The maximum atomic E-state index is 2.52. The second kappa shape index (κ2) is 11.4. The first-order valence-electron chi connectivity index (χ1n) is 16.7. The average molecular weight is 584 g/mol. The largest absolute Gasteiger partial charge is 0.341 e. The summed E-state index contributed by atoms with van der Waals surface area (Å²) in [6.07, 6.45) is 12.2. The van der Waals surface area contributed by atoms with Crippen LogP contribution in [0.25, 0.3) is 28.3 Å². The van der Waals surface area contributed by atoms with E-state index >= 15 is 0 Å². The standard InChI is InChI=1S/C44H41N/c1-44(2)41-26-24-32-14-9-10-22-39(32)43(41)40-25-23-36(29-42(40)44)35-17-12-16-34(28-35)33-15-11-13-31(27-33)30-45(37-18-5-3-6-19-37)38-20-7-4-8-21-38/h3,5-6,9-20,22-29,41,43H,4,7-8,21,30H2,1-2H3. The number of anilines is 1. The van der Waals surface area contributed by atoms with Gasteiger partial charge in [-0.2, -0.15) is 0 Å². The minimum Gasteiger partial charge on any atom is -0.341 e. The summed E-state index contributed by atoms with van der Waals surface area (Å²) in [4.78, 5) is 2.52. The van der Waals surface area contributed by atoms with Crippen molar-refractivity contribution in [3.05, 3.63) is 167 Å². The van der Waals surface area contributed by atoms with Crippen LogP contribution in [0.3, 0.4) is 0 Å². The third kappa shape index (κ3) is 5.05. The Morgan fingerprint density at radius 1 is 0.667 bits per heavy atom. The molecule has 45 heavy (non-hydrogen) atoms. The number of para-hydroxylation sites is 1.